The fraction of sp³-hybridized carbons (Fsp3) is 0.643. The van der Waals surface area contributed by atoms with E-state index in [4.69, 9.17) is 0 Å². The van der Waals surface area contributed by atoms with Crippen LogP contribution < -0.4 is 10.6 Å². The van der Waals surface area contributed by atoms with Gasteiger partial charge in [0.25, 0.3) is 0 Å². The van der Waals surface area contributed by atoms with Gasteiger partial charge in [0.15, 0.2) is 0 Å². The van der Waals surface area contributed by atoms with Crippen LogP contribution in [0.2, 0.25) is 0 Å². The van der Waals surface area contributed by atoms with Crippen molar-refractivity contribution in [1.29, 1.82) is 0 Å². The van der Waals surface area contributed by atoms with Crippen molar-refractivity contribution in [2.75, 3.05) is 13.1 Å². The van der Waals surface area contributed by atoms with Crippen molar-refractivity contribution in [3.8, 4) is 0 Å². The lowest BCUT2D eigenvalue weighted by Crippen LogP contribution is -2.40. The molecule has 0 spiro atoms. The van der Waals surface area contributed by atoms with Gasteiger partial charge in [0.2, 0.25) is 5.91 Å². The van der Waals surface area contributed by atoms with Crippen molar-refractivity contribution < 1.29 is 4.79 Å². The Morgan fingerprint density at radius 1 is 1.56 bits per heavy atom. The predicted octanol–water partition coefficient (Wildman–Crippen LogP) is 1.26. The van der Waals surface area contributed by atoms with Crippen molar-refractivity contribution in [3.05, 3.63) is 23.0 Å². The topological polar surface area (TPSA) is 46.1 Å². The zero-order valence-corrected chi connectivity index (χ0v) is 11.5. The number of aryl methyl sites for hydroxylation is 1. The normalized spacial score (nSPS) is 19.8. The van der Waals surface area contributed by atoms with Gasteiger partial charge in [0.05, 0.1) is 5.92 Å². The van der Waals surface area contributed by atoms with Gasteiger partial charge < -0.3 is 15.2 Å². The largest absolute Gasteiger partial charge is 0.352 e. The minimum Gasteiger partial charge on any atom is -0.352 e. The van der Waals surface area contributed by atoms with Gasteiger partial charge in [0, 0.05) is 31.5 Å². The summed E-state index contributed by atoms with van der Waals surface area (Å²) in [5, 5.41) is 6.33. The van der Waals surface area contributed by atoms with Crippen molar-refractivity contribution in [1.82, 2.24) is 15.2 Å². The molecular weight excluding hydrogens is 226 g/mol. The Hall–Kier alpha value is -1.29. The molecule has 0 saturated carbocycles. The molecule has 0 radical (unpaired) electrons. The van der Waals surface area contributed by atoms with Gasteiger partial charge in [-0.15, -0.1) is 0 Å². The molecule has 0 aromatic carbocycles. The van der Waals surface area contributed by atoms with Gasteiger partial charge in [-0.1, -0.05) is 0 Å². The quantitative estimate of drug-likeness (QED) is 0.847. The Bertz CT molecular complexity index is 430. The first kappa shape index (κ1) is 13.1. The SMILES string of the molecule is Cc1cc(CNC(=O)C2CCCNC2)c(C)n1C. The summed E-state index contributed by atoms with van der Waals surface area (Å²) in [4.78, 5) is 12.0. The lowest BCUT2D eigenvalue weighted by atomic mass is 9.99. The molecule has 4 heteroatoms. The molecule has 1 saturated heterocycles. The summed E-state index contributed by atoms with van der Waals surface area (Å²) in [6.07, 6.45) is 2.10. The fourth-order valence-corrected chi connectivity index (χ4v) is 2.51. The van der Waals surface area contributed by atoms with Crippen LogP contribution in [0.25, 0.3) is 0 Å². The number of carbonyl (C=O) groups is 1. The van der Waals surface area contributed by atoms with Crippen LogP contribution in [0.4, 0.5) is 0 Å². The number of amides is 1. The summed E-state index contributed by atoms with van der Waals surface area (Å²) in [5.41, 5.74) is 3.68. The molecule has 0 aliphatic carbocycles. The lowest BCUT2D eigenvalue weighted by Gasteiger charge is -2.21. The number of hydrogen-bond donors (Lipinski definition) is 2. The van der Waals surface area contributed by atoms with Crippen molar-refractivity contribution >= 4 is 5.91 Å². The molecular formula is C14H23N3O. The number of nitrogens with one attached hydrogen (secondary N) is 2. The van der Waals surface area contributed by atoms with Crippen molar-refractivity contribution in [2.45, 2.75) is 33.2 Å². The van der Waals surface area contributed by atoms with E-state index in [9.17, 15) is 4.79 Å². The number of piperidine rings is 1. The van der Waals surface area contributed by atoms with Crippen LogP contribution in [0.1, 0.15) is 29.8 Å². The molecule has 1 aliphatic heterocycles. The summed E-state index contributed by atoms with van der Waals surface area (Å²) in [6, 6.07) is 2.15. The fourth-order valence-electron chi connectivity index (χ4n) is 2.51. The lowest BCUT2D eigenvalue weighted by molar-refractivity contribution is -0.125. The van der Waals surface area contributed by atoms with E-state index in [1.165, 1.54) is 17.0 Å². The highest BCUT2D eigenvalue weighted by Crippen LogP contribution is 2.14. The summed E-state index contributed by atoms with van der Waals surface area (Å²) in [6.45, 7) is 6.68. The maximum Gasteiger partial charge on any atom is 0.224 e. The number of aromatic nitrogens is 1. The molecule has 18 heavy (non-hydrogen) atoms. The molecule has 4 nitrogen and oxygen atoms in total. The summed E-state index contributed by atoms with van der Waals surface area (Å²) in [5.74, 6) is 0.326. The minimum absolute atomic E-state index is 0.142. The van der Waals surface area contributed by atoms with E-state index in [0.717, 1.165) is 25.9 Å². The Balaban J connectivity index is 1.90. The second-order valence-corrected chi connectivity index (χ2v) is 5.22. The molecule has 1 aromatic rings. The Kier molecular flexibility index (Phi) is 4.07. The maximum absolute atomic E-state index is 12.0. The van der Waals surface area contributed by atoms with E-state index < -0.39 is 0 Å². The first-order chi connectivity index (χ1) is 8.59. The summed E-state index contributed by atoms with van der Waals surface area (Å²) >= 11 is 0. The van der Waals surface area contributed by atoms with Crippen molar-refractivity contribution in [2.24, 2.45) is 13.0 Å². The zero-order valence-electron chi connectivity index (χ0n) is 11.5. The summed E-state index contributed by atoms with van der Waals surface area (Å²) < 4.78 is 2.16. The zero-order chi connectivity index (χ0) is 13.1. The van der Waals surface area contributed by atoms with Crippen LogP contribution in [-0.2, 0) is 18.4 Å². The summed E-state index contributed by atoms with van der Waals surface area (Å²) in [7, 11) is 2.06. The first-order valence-corrected chi connectivity index (χ1v) is 6.70. The molecule has 1 aliphatic rings. The van der Waals surface area contributed by atoms with E-state index >= 15 is 0 Å². The second kappa shape index (κ2) is 5.57. The van der Waals surface area contributed by atoms with Gasteiger partial charge in [-0.25, -0.2) is 0 Å². The Morgan fingerprint density at radius 2 is 2.33 bits per heavy atom. The molecule has 1 amide bonds. The standard InChI is InChI=1S/C14H23N3O/c1-10-7-13(11(2)17(10)3)9-16-14(18)12-5-4-6-15-8-12/h7,12,15H,4-6,8-9H2,1-3H3,(H,16,18). The van der Waals surface area contributed by atoms with Crippen LogP contribution in [0.3, 0.4) is 0 Å². The third kappa shape index (κ3) is 2.75. The highest BCUT2D eigenvalue weighted by Gasteiger charge is 2.20. The average molecular weight is 249 g/mol. The van der Waals surface area contributed by atoms with Crippen LogP contribution in [0.15, 0.2) is 6.07 Å². The molecule has 0 bridgehead atoms. The van der Waals surface area contributed by atoms with Crippen LogP contribution >= 0.6 is 0 Å². The van der Waals surface area contributed by atoms with Gasteiger partial charge >= 0.3 is 0 Å². The first-order valence-electron chi connectivity index (χ1n) is 6.70. The smallest absolute Gasteiger partial charge is 0.224 e. The van der Waals surface area contributed by atoms with Crippen LogP contribution in [-0.4, -0.2) is 23.6 Å². The van der Waals surface area contributed by atoms with Gasteiger partial charge in [-0.3, -0.25) is 4.79 Å². The molecule has 1 atom stereocenters. The van der Waals surface area contributed by atoms with Gasteiger partial charge in [0.1, 0.15) is 0 Å². The van der Waals surface area contributed by atoms with E-state index in [1.54, 1.807) is 0 Å². The Morgan fingerprint density at radius 3 is 2.89 bits per heavy atom. The van der Waals surface area contributed by atoms with Crippen molar-refractivity contribution in [3.63, 3.8) is 0 Å². The monoisotopic (exact) mass is 249 g/mol. The van der Waals surface area contributed by atoms with Gasteiger partial charge in [-0.05, 0) is 44.9 Å². The van der Waals surface area contributed by atoms with Crippen LogP contribution in [0, 0.1) is 19.8 Å². The molecule has 1 aromatic heterocycles. The molecule has 2 rings (SSSR count). The Labute approximate surface area is 109 Å². The van der Waals surface area contributed by atoms with E-state index in [0.29, 0.717) is 6.54 Å². The molecule has 1 fully saturated rings. The third-order valence-corrected chi connectivity index (χ3v) is 4.00. The number of nitrogens with zero attached hydrogens (tertiary/aromatic N) is 1. The molecule has 2 heterocycles. The van der Waals surface area contributed by atoms with E-state index in [2.05, 4.69) is 42.2 Å². The highest BCUT2D eigenvalue weighted by molar-refractivity contribution is 5.79. The number of rotatable bonds is 3. The number of hydrogen-bond acceptors (Lipinski definition) is 2. The van der Waals surface area contributed by atoms with Crippen LogP contribution in [0.5, 0.6) is 0 Å². The minimum atomic E-state index is 0.142. The average Bonchev–Trinajstić information content (AvgIpc) is 2.64. The van der Waals surface area contributed by atoms with E-state index in [1.807, 2.05) is 0 Å². The van der Waals surface area contributed by atoms with Gasteiger partial charge in [-0.2, -0.15) is 0 Å². The predicted molar refractivity (Wildman–Crippen MR) is 72.3 cm³/mol. The molecule has 2 N–H and O–H groups in total. The van der Waals surface area contributed by atoms with E-state index in [-0.39, 0.29) is 11.8 Å². The highest BCUT2D eigenvalue weighted by atomic mass is 16.1. The third-order valence-electron chi connectivity index (χ3n) is 4.00. The maximum atomic E-state index is 12.0. The second-order valence-electron chi connectivity index (χ2n) is 5.22. The molecule has 100 valence electrons. The molecule has 1 unspecified atom stereocenters. The number of carbonyl (C=O) groups excluding carboxylic acids is 1.